The maximum atomic E-state index is 12.1. The molecule has 3 rings (SSSR count). The van der Waals surface area contributed by atoms with Crippen LogP contribution in [0.15, 0.2) is 47.8 Å². The lowest BCUT2D eigenvalue weighted by Crippen LogP contribution is -2.20. The fourth-order valence-electron chi connectivity index (χ4n) is 2.33. The van der Waals surface area contributed by atoms with Crippen molar-refractivity contribution in [3.8, 4) is 17.0 Å². The van der Waals surface area contributed by atoms with Crippen LogP contribution in [0.3, 0.4) is 0 Å². The van der Waals surface area contributed by atoms with E-state index in [2.05, 4.69) is 10.3 Å². The predicted octanol–water partition coefficient (Wildman–Crippen LogP) is 4.03. The van der Waals surface area contributed by atoms with Gasteiger partial charge in [-0.1, -0.05) is 18.2 Å². The highest BCUT2D eigenvalue weighted by atomic mass is 32.1. The summed E-state index contributed by atoms with van der Waals surface area (Å²) in [6, 6.07) is 13.3. The number of nitrogens with two attached hydrogens (primary N) is 1. The van der Waals surface area contributed by atoms with Crippen LogP contribution >= 0.6 is 11.3 Å². The molecule has 1 heterocycles. The van der Waals surface area contributed by atoms with Crippen LogP contribution in [-0.2, 0) is 4.79 Å². The minimum atomic E-state index is -0.202. The van der Waals surface area contributed by atoms with Gasteiger partial charge in [-0.25, -0.2) is 4.98 Å². The number of anilines is 2. The maximum Gasteiger partial charge on any atom is 0.262 e. The summed E-state index contributed by atoms with van der Waals surface area (Å²) in [7, 11) is 0. The summed E-state index contributed by atoms with van der Waals surface area (Å²) in [5, 5.41) is 5.25. The quantitative estimate of drug-likeness (QED) is 0.726. The van der Waals surface area contributed by atoms with Gasteiger partial charge in [-0.2, -0.15) is 0 Å². The Kier molecular flexibility index (Phi) is 5.00. The topological polar surface area (TPSA) is 77.2 Å². The molecule has 0 radical (unpaired) electrons. The largest absolute Gasteiger partial charge is 0.484 e. The van der Waals surface area contributed by atoms with Crippen molar-refractivity contribution in [2.45, 2.75) is 13.8 Å². The Morgan fingerprint density at radius 3 is 2.76 bits per heavy atom. The van der Waals surface area contributed by atoms with Crippen LogP contribution in [0.2, 0.25) is 0 Å². The zero-order valence-electron chi connectivity index (χ0n) is 14.1. The van der Waals surface area contributed by atoms with Crippen molar-refractivity contribution in [3.05, 3.63) is 59.0 Å². The molecule has 3 N–H and O–H groups in total. The number of aryl methyl sites for hydroxylation is 2. The number of nitrogens with one attached hydrogen (secondary N) is 1. The Bertz CT molecular complexity index is 905. The second kappa shape index (κ2) is 7.36. The summed E-state index contributed by atoms with van der Waals surface area (Å²) in [4.78, 5) is 16.3. The third-order valence-electron chi connectivity index (χ3n) is 3.81. The van der Waals surface area contributed by atoms with Crippen molar-refractivity contribution in [1.29, 1.82) is 0 Å². The number of carbonyl (C=O) groups is 1. The molecule has 0 unspecified atom stereocenters. The molecule has 128 valence electrons. The normalized spacial score (nSPS) is 10.5. The molecule has 0 aliphatic heterocycles. The molecule has 0 bridgehead atoms. The van der Waals surface area contributed by atoms with Crippen molar-refractivity contribution in [3.63, 3.8) is 0 Å². The second-order valence-corrected chi connectivity index (χ2v) is 6.62. The van der Waals surface area contributed by atoms with Crippen molar-refractivity contribution < 1.29 is 9.53 Å². The first kappa shape index (κ1) is 17.0. The number of hydrogen-bond acceptors (Lipinski definition) is 5. The van der Waals surface area contributed by atoms with Gasteiger partial charge in [0.1, 0.15) is 5.75 Å². The maximum absolute atomic E-state index is 12.1. The molecule has 0 aliphatic carbocycles. The predicted molar refractivity (Wildman–Crippen MR) is 102 cm³/mol. The second-order valence-electron chi connectivity index (χ2n) is 5.73. The molecule has 25 heavy (non-hydrogen) atoms. The Labute approximate surface area is 150 Å². The van der Waals surface area contributed by atoms with E-state index in [1.165, 1.54) is 16.9 Å². The fraction of sp³-hybridized carbons (Fsp3) is 0.158. The number of amides is 1. The first-order valence-electron chi connectivity index (χ1n) is 7.82. The van der Waals surface area contributed by atoms with Crippen LogP contribution in [0.1, 0.15) is 11.1 Å². The highest BCUT2D eigenvalue weighted by molar-refractivity contribution is 7.13. The Morgan fingerprint density at radius 2 is 2.04 bits per heavy atom. The van der Waals surface area contributed by atoms with Gasteiger partial charge in [0.05, 0.1) is 5.69 Å². The van der Waals surface area contributed by atoms with Crippen molar-refractivity contribution in [2.75, 3.05) is 17.7 Å². The van der Waals surface area contributed by atoms with Crippen LogP contribution in [0.5, 0.6) is 5.75 Å². The van der Waals surface area contributed by atoms with Crippen LogP contribution in [0, 0.1) is 13.8 Å². The summed E-state index contributed by atoms with van der Waals surface area (Å²) in [5.41, 5.74) is 10.5. The molecule has 0 aliphatic rings. The molecule has 1 amide bonds. The minimum absolute atomic E-state index is 0.0599. The van der Waals surface area contributed by atoms with Gasteiger partial charge in [0, 0.05) is 16.6 Å². The van der Waals surface area contributed by atoms with E-state index < -0.39 is 0 Å². The van der Waals surface area contributed by atoms with Crippen molar-refractivity contribution >= 4 is 28.1 Å². The summed E-state index contributed by atoms with van der Waals surface area (Å²) in [6.45, 7) is 3.99. The van der Waals surface area contributed by atoms with E-state index in [-0.39, 0.29) is 12.5 Å². The van der Waals surface area contributed by atoms with Gasteiger partial charge in [-0.05, 0) is 49.2 Å². The van der Waals surface area contributed by atoms with Gasteiger partial charge in [-0.3, -0.25) is 4.79 Å². The van der Waals surface area contributed by atoms with E-state index in [0.29, 0.717) is 10.9 Å². The van der Waals surface area contributed by atoms with Gasteiger partial charge in [-0.15, -0.1) is 11.3 Å². The molecule has 6 heteroatoms. The molecule has 0 spiro atoms. The zero-order chi connectivity index (χ0) is 17.8. The Morgan fingerprint density at radius 1 is 1.20 bits per heavy atom. The average Bonchev–Trinajstić information content (AvgIpc) is 3.03. The van der Waals surface area contributed by atoms with Crippen LogP contribution < -0.4 is 15.8 Å². The molecule has 0 saturated carbocycles. The number of rotatable bonds is 5. The summed E-state index contributed by atoms with van der Waals surface area (Å²) < 4.78 is 5.60. The lowest BCUT2D eigenvalue weighted by molar-refractivity contribution is -0.118. The Hall–Kier alpha value is -2.86. The first-order chi connectivity index (χ1) is 12.0. The van der Waals surface area contributed by atoms with E-state index in [4.69, 9.17) is 10.5 Å². The van der Waals surface area contributed by atoms with E-state index in [1.807, 2.05) is 61.7 Å². The van der Waals surface area contributed by atoms with Crippen LogP contribution in [0.25, 0.3) is 11.3 Å². The molecule has 1 aromatic heterocycles. The molecule has 0 saturated heterocycles. The monoisotopic (exact) mass is 353 g/mol. The van der Waals surface area contributed by atoms with Crippen LogP contribution in [-0.4, -0.2) is 17.5 Å². The number of thiazole rings is 1. The third kappa shape index (κ3) is 4.36. The highest BCUT2D eigenvalue weighted by Gasteiger charge is 2.07. The number of nitrogens with zero attached hydrogens (tertiary/aromatic N) is 1. The van der Waals surface area contributed by atoms with Crippen molar-refractivity contribution in [2.24, 2.45) is 0 Å². The van der Waals surface area contributed by atoms with E-state index in [0.717, 1.165) is 22.5 Å². The van der Waals surface area contributed by atoms with Gasteiger partial charge >= 0.3 is 0 Å². The number of benzene rings is 2. The lowest BCUT2D eigenvalue weighted by Gasteiger charge is -2.09. The number of hydrogen-bond donors (Lipinski definition) is 2. The van der Waals surface area contributed by atoms with E-state index in [1.54, 1.807) is 0 Å². The fourth-order valence-corrected chi connectivity index (χ4v) is 2.90. The van der Waals surface area contributed by atoms with Gasteiger partial charge in [0.25, 0.3) is 5.91 Å². The molecular formula is C19H19N3O2S. The zero-order valence-corrected chi connectivity index (χ0v) is 14.9. The molecule has 3 aromatic rings. The van der Waals surface area contributed by atoms with E-state index >= 15 is 0 Å². The number of aromatic nitrogens is 1. The molecule has 0 atom stereocenters. The summed E-state index contributed by atoms with van der Waals surface area (Å²) in [5.74, 6) is 0.408. The lowest BCUT2D eigenvalue weighted by atomic mass is 10.1. The molecule has 5 nitrogen and oxygen atoms in total. The van der Waals surface area contributed by atoms with Gasteiger partial charge in [0.2, 0.25) is 0 Å². The minimum Gasteiger partial charge on any atom is -0.484 e. The summed E-state index contributed by atoms with van der Waals surface area (Å²) in [6.07, 6.45) is 0. The summed E-state index contributed by atoms with van der Waals surface area (Å²) >= 11 is 1.39. The average molecular weight is 353 g/mol. The standard InChI is InChI=1S/C19H19N3O2S/c1-12-6-7-15(8-13(12)2)21-18(23)10-24-16-5-3-4-14(9-16)17-11-25-19(20)22-17/h3-9,11H,10H2,1-2H3,(H2,20,22)(H,21,23). The SMILES string of the molecule is Cc1ccc(NC(=O)COc2cccc(-c3csc(N)n3)c2)cc1C. The third-order valence-corrected chi connectivity index (χ3v) is 4.49. The smallest absolute Gasteiger partial charge is 0.262 e. The molecule has 0 fully saturated rings. The van der Waals surface area contributed by atoms with Crippen molar-refractivity contribution in [1.82, 2.24) is 4.98 Å². The number of nitrogen functional groups attached to an aromatic ring is 1. The molecular weight excluding hydrogens is 334 g/mol. The number of carbonyl (C=O) groups excluding carboxylic acids is 1. The Balaban J connectivity index is 1.61. The molecule has 2 aromatic carbocycles. The van der Waals surface area contributed by atoms with Gasteiger partial charge in [0.15, 0.2) is 11.7 Å². The first-order valence-corrected chi connectivity index (χ1v) is 8.70. The highest BCUT2D eigenvalue weighted by Crippen LogP contribution is 2.26. The number of ether oxygens (including phenoxy) is 1. The van der Waals surface area contributed by atoms with Crippen LogP contribution in [0.4, 0.5) is 10.8 Å². The van der Waals surface area contributed by atoms with Gasteiger partial charge < -0.3 is 15.8 Å². The van der Waals surface area contributed by atoms with E-state index in [9.17, 15) is 4.79 Å².